The van der Waals surface area contributed by atoms with Gasteiger partial charge in [-0.25, -0.2) is 4.79 Å². The second-order valence-electron chi connectivity index (χ2n) is 11.3. The van der Waals surface area contributed by atoms with Crippen molar-refractivity contribution in [2.45, 2.75) is 51.1 Å². The Morgan fingerprint density at radius 1 is 1.11 bits per heavy atom. The van der Waals surface area contributed by atoms with Crippen molar-refractivity contribution in [1.82, 2.24) is 0 Å². The molecule has 196 valence electrons. The second-order valence-corrected chi connectivity index (χ2v) is 11.3. The standard InChI is InChI=1S/C31H37N3O2.BrH/c1-22(2)24-11-13-25(14-12-24)32-30(35)36-26-15-16-28-27(21-26)31(3)18-20-34(5,29(31)33(28)4)19-17-23-9-7-6-8-10-23;/h6-16,21-22,29H,17-20H2,1-5H3;1H/t29?,31-,34?;/m0./s1. The van der Waals surface area contributed by atoms with Crippen molar-refractivity contribution in [3.05, 3.63) is 89.5 Å². The highest BCUT2D eigenvalue weighted by Gasteiger charge is 2.60. The molecule has 5 nitrogen and oxygen atoms in total. The summed E-state index contributed by atoms with van der Waals surface area (Å²) < 4.78 is 6.75. The van der Waals surface area contributed by atoms with Crippen LogP contribution in [0.2, 0.25) is 0 Å². The smallest absolute Gasteiger partial charge is 0.417 e. The van der Waals surface area contributed by atoms with Crippen LogP contribution >= 0.6 is 0 Å². The molecule has 1 N–H and O–H groups in total. The van der Waals surface area contributed by atoms with Gasteiger partial charge in [0.15, 0.2) is 6.17 Å². The number of fused-ring (bicyclic) bond motifs is 3. The summed E-state index contributed by atoms with van der Waals surface area (Å²) in [6.07, 6.45) is 2.08. The van der Waals surface area contributed by atoms with Crippen LogP contribution in [0.1, 0.15) is 49.8 Å². The number of hydrogen-bond acceptors (Lipinski definition) is 3. The molecule has 1 saturated heterocycles. The van der Waals surface area contributed by atoms with Gasteiger partial charge in [-0.15, -0.1) is 0 Å². The predicted octanol–water partition coefficient (Wildman–Crippen LogP) is 3.55. The topological polar surface area (TPSA) is 41.6 Å². The molecular weight excluding hydrogens is 526 g/mol. The van der Waals surface area contributed by atoms with Gasteiger partial charge in [-0.1, -0.05) is 56.3 Å². The molecule has 2 unspecified atom stereocenters. The molecule has 1 amide bonds. The Morgan fingerprint density at radius 2 is 1.81 bits per heavy atom. The van der Waals surface area contributed by atoms with Gasteiger partial charge in [0.2, 0.25) is 0 Å². The van der Waals surface area contributed by atoms with Crippen molar-refractivity contribution in [3.63, 3.8) is 0 Å². The first-order chi connectivity index (χ1) is 17.2. The summed E-state index contributed by atoms with van der Waals surface area (Å²) in [4.78, 5) is 15.1. The van der Waals surface area contributed by atoms with E-state index < -0.39 is 6.09 Å². The van der Waals surface area contributed by atoms with Gasteiger partial charge >= 0.3 is 6.09 Å². The Bertz CT molecular complexity index is 1250. The van der Waals surface area contributed by atoms with E-state index in [0.717, 1.165) is 36.1 Å². The SMILES string of the molecule is CC(C)c1ccc(NC(=O)Oc2ccc3c(c2)[C@]2(C)CC[N+](C)(CCc4ccccc4)C2N3C)cc1.[Br-]. The largest absolute Gasteiger partial charge is 1.00 e. The monoisotopic (exact) mass is 563 g/mol. The number of likely N-dealkylation sites (tertiary alicyclic amines) is 1. The van der Waals surface area contributed by atoms with Gasteiger partial charge in [-0.3, -0.25) is 5.32 Å². The highest BCUT2D eigenvalue weighted by molar-refractivity contribution is 5.86. The van der Waals surface area contributed by atoms with E-state index in [9.17, 15) is 4.79 Å². The van der Waals surface area contributed by atoms with Gasteiger partial charge in [0, 0.05) is 31.3 Å². The Hall–Kier alpha value is -2.83. The zero-order valence-corrected chi connectivity index (χ0v) is 24.1. The molecule has 5 rings (SSSR count). The molecule has 2 heterocycles. The van der Waals surface area contributed by atoms with Crippen molar-refractivity contribution < 1.29 is 31.0 Å². The predicted molar refractivity (Wildman–Crippen MR) is 147 cm³/mol. The van der Waals surface area contributed by atoms with Crippen LogP contribution in [-0.2, 0) is 11.8 Å². The minimum atomic E-state index is -0.463. The normalized spacial score (nSPS) is 23.8. The number of halogens is 1. The lowest BCUT2D eigenvalue weighted by molar-refractivity contribution is -0.921. The summed E-state index contributed by atoms with van der Waals surface area (Å²) in [5.41, 5.74) is 5.90. The minimum absolute atomic E-state index is 0. The highest BCUT2D eigenvalue weighted by atomic mass is 79.9. The molecule has 0 spiro atoms. The number of carbonyl (C=O) groups excluding carboxylic acids is 1. The zero-order chi connectivity index (χ0) is 25.5. The Morgan fingerprint density at radius 3 is 2.49 bits per heavy atom. The fourth-order valence-corrected chi connectivity index (χ4v) is 6.49. The Labute approximate surface area is 231 Å². The van der Waals surface area contributed by atoms with Gasteiger partial charge in [0.25, 0.3) is 0 Å². The van der Waals surface area contributed by atoms with Crippen LogP contribution in [0.15, 0.2) is 72.8 Å². The van der Waals surface area contributed by atoms with Crippen LogP contribution in [0.4, 0.5) is 16.2 Å². The van der Waals surface area contributed by atoms with Crippen LogP contribution in [-0.4, -0.2) is 43.9 Å². The maximum absolute atomic E-state index is 12.6. The molecule has 6 heteroatoms. The van der Waals surface area contributed by atoms with Gasteiger partial charge in [-0.05, 0) is 59.9 Å². The molecule has 0 aromatic heterocycles. The van der Waals surface area contributed by atoms with E-state index in [1.165, 1.54) is 22.4 Å². The fourth-order valence-electron chi connectivity index (χ4n) is 6.49. The van der Waals surface area contributed by atoms with E-state index >= 15 is 0 Å². The number of anilines is 2. The van der Waals surface area contributed by atoms with Crippen LogP contribution in [0.25, 0.3) is 0 Å². The van der Waals surface area contributed by atoms with E-state index in [4.69, 9.17) is 4.74 Å². The maximum Gasteiger partial charge on any atom is 0.417 e. The molecule has 2 aliphatic rings. The number of hydrogen-bond donors (Lipinski definition) is 1. The molecule has 1 fully saturated rings. The molecule has 2 aliphatic heterocycles. The number of nitrogens with one attached hydrogen (secondary N) is 1. The maximum atomic E-state index is 12.6. The van der Waals surface area contributed by atoms with Gasteiger partial charge < -0.3 is 31.1 Å². The van der Waals surface area contributed by atoms with Crippen LogP contribution in [0.5, 0.6) is 5.75 Å². The summed E-state index contributed by atoms with van der Waals surface area (Å²) >= 11 is 0. The van der Waals surface area contributed by atoms with E-state index in [1.54, 1.807) is 0 Å². The number of carbonyl (C=O) groups is 1. The Kier molecular flexibility index (Phi) is 7.72. The molecule has 0 radical (unpaired) electrons. The minimum Gasteiger partial charge on any atom is -1.00 e. The number of likely N-dealkylation sites (N-methyl/N-ethyl adjacent to an activating group) is 2. The van der Waals surface area contributed by atoms with Crippen molar-refractivity contribution in [1.29, 1.82) is 0 Å². The quantitative estimate of drug-likeness (QED) is 0.466. The molecule has 3 atom stereocenters. The third-order valence-electron chi connectivity index (χ3n) is 8.42. The van der Waals surface area contributed by atoms with Gasteiger partial charge in [0.05, 0.1) is 25.6 Å². The van der Waals surface area contributed by atoms with E-state index in [-0.39, 0.29) is 22.4 Å². The first-order valence-corrected chi connectivity index (χ1v) is 13.0. The van der Waals surface area contributed by atoms with Crippen molar-refractivity contribution in [2.24, 2.45) is 0 Å². The summed E-state index contributed by atoms with van der Waals surface area (Å²) in [6, 6.07) is 24.8. The number of ether oxygens (including phenoxy) is 1. The lowest BCUT2D eigenvalue weighted by Crippen LogP contribution is -3.00. The van der Waals surface area contributed by atoms with Crippen LogP contribution < -0.4 is 31.9 Å². The van der Waals surface area contributed by atoms with Crippen molar-refractivity contribution in [2.75, 3.05) is 37.4 Å². The van der Waals surface area contributed by atoms with Gasteiger partial charge in [-0.2, -0.15) is 0 Å². The number of amides is 1. The molecule has 3 aromatic rings. The van der Waals surface area contributed by atoms with Crippen LogP contribution in [0, 0.1) is 0 Å². The average molecular weight is 565 g/mol. The molecule has 0 aliphatic carbocycles. The number of nitrogens with zero attached hydrogens (tertiary/aromatic N) is 2. The zero-order valence-electron chi connectivity index (χ0n) is 22.5. The third kappa shape index (κ3) is 5.14. The number of rotatable bonds is 6. The first-order valence-electron chi connectivity index (χ1n) is 13.0. The molecule has 0 bridgehead atoms. The number of benzene rings is 3. The summed E-state index contributed by atoms with van der Waals surface area (Å²) in [5.74, 6) is 1.04. The summed E-state index contributed by atoms with van der Waals surface area (Å²) in [6.45, 7) is 8.93. The molecule has 0 saturated carbocycles. The van der Waals surface area contributed by atoms with Gasteiger partial charge in [0.1, 0.15) is 5.75 Å². The molecular formula is C31H38BrN3O2. The van der Waals surface area contributed by atoms with E-state index in [1.807, 2.05) is 30.3 Å². The average Bonchev–Trinajstić information content (AvgIpc) is 3.27. The third-order valence-corrected chi connectivity index (χ3v) is 8.42. The molecule has 3 aromatic carbocycles. The summed E-state index contributed by atoms with van der Waals surface area (Å²) in [5, 5.41) is 2.86. The van der Waals surface area contributed by atoms with Crippen molar-refractivity contribution >= 4 is 17.5 Å². The van der Waals surface area contributed by atoms with Crippen molar-refractivity contribution in [3.8, 4) is 5.75 Å². The van der Waals surface area contributed by atoms with E-state index in [2.05, 4.69) is 87.5 Å². The molecule has 37 heavy (non-hydrogen) atoms. The van der Waals surface area contributed by atoms with E-state index in [0.29, 0.717) is 17.8 Å². The van der Waals surface area contributed by atoms with Crippen LogP contribution in [0.3, 0.4) is 0 Å². The lowest BCUT2D eigenvalue weighted by Gasteiger charge is -2.41. The second kappa shape index (κ2) is 10.5. The first kappa shape index (κ1) is 27.2. The number of quaternary nitrogens is 1. The summed E-state index contributed by atoms with van der Waals surface area (Å²) in [7, 11) is 4.61. The fraction of sp³-hybridized carbons (Fsp3) is 0.387. The Balaban J connectivity index is 0.00000320. The lowest BCUT2D eigenvalue weighted by atomic mass is 9.81. The highest BCUT2D eigenvalue weighted by Crippen LogP contribution is 2.54.